The van der Waals surface area contributed by atoms with Gasteiger partial charge in [0.25, 0.3) is 0 Å². The van der Waals surface area contributed by atoms with Crippen LogP contribution in [0.4, 0.5) is 0 Å². The minimum absolute atomic E-state index is 0.0240. The molecule has 2 unspecified atom stereocenters. The normalized spacial score (nSPS) is 16.9. The van der Waals surface area contributed by atoms with Crippen LogP contribution in [-0.4, -0.2) is 38.6 Å². The van der Waals surface area contributed by atoms with Gasteiger partial charge in [-0.1, -0.05) is 36.4 Å². The molecule has 4 heteroatoms. The summed E-state index contributed by atoms with van der Waals surface area (Å²) in [6.45, 7) is 0.756. The van der Waals surface area contributed by atoms with Crippen LogP contribution in [0.1, 0.15) is 28.7 Å². The number of hydrogen-bond donors (Lipinski definition) is 1. The van der Waals surface area contributed by atoms with Crippen molar-refractivity contribution in [2.75, 3.05) is 27.7 Å². The molecule has 0 saturated carbocycles. The van der Waals surface area contributed by atoms with Gasteiger partial charge in [0.1, 0.15) is 5.75 Å². The zero-order chi connectivity index (χ0) is 17.1. The molecule has 1 aliphatic rings. The SMILES string of the molecule is COc1ccc(C(CN(C)C)NC(=O)C2Cc3ccccc32)cc1. The predicted molar refractivity (Wildman–Crippen MR) is 95.3 cm³/mol. The fraction of sp³-hybridized carbons (Fsp3) is 0.350. The molecule has 0 saturated heterocycles. The van der Waals surface area contributed by atoms with Crippen molar-refractivity contribution in [3.8, 4) is 5.75 Å². The van der Waals surface area contributed by atoms with Crippen molar-refractivity contribution >= 4 is 5.91 Å². The van der Waals surface area contributed by atoms with Crippen LogP contribution >= 0.6 is 0 Å². The van der Waals surface area contributed by atoms with Gasteiger partial charge in [-0.25, -0.2) is 0 Å². The number of fused-ring (bicyclic) bond motifs is 1. The maximum atomic E-state index is 12.7. The third-order valence-corrected chi connectivity index (χ3v) is 4.55. The number of hydrogen-bond acceptors (Lipinski definition) is 3. The maximum absolute atomic E-state index is 12.7. The summed E-state index contributed by atoms with van der Waals surface area (Å²) >= 11 is 0. The molecule has 0 spiro atoms. The third-order valence-electron chi connectivity index (χ3n) is 4.55. The molecule has 4 nitrogen and oxygen atoms in total. The van der Waals surface area contributed by atoms with Gasteiger partial charge in [0.2, 0.25) is 5.91 Å². The fourth-order valence-electron chi connectivity index (χ4n) is 3.20. The van der Waals surface area contributed by atoms with Crippen molar-refractivity contribution in [2.24, 2.45) is 0 Å². The lowest BCUT2D eigenvalue weighted by molar-refractivity contribution is -0.124. The van der Waals surface area contributed by atoms with Gasteiger partial charge in [0, 0.05) is 6.54 Å². The molecular formula is C20H24N2O2. The highest BCUT2D eigenvalue weighted by Crippen LogP contribution is 2.35. The summed E-state index contributed by atoms with van der Waals surface area (Å²) in [6, 6.07) is 16.0. The summed E-state index contributed by atoms with van der Waals surface area (Å²) < 4.78 is 5.22. The number of carbonyl (C=O) groups excluding carboxylic acids is 1. The number of benzene rings is 2. The number of methoxy groups -OCH3 is 1. The molecule has 1 amide bonds. The summed E-state index contributed by atoms with van der Waals surface area (Å²) in [5.41, 5.74) is 3.53. The summed E-state index contributed by atoms with van der Waals surface area (Å²) in [4.78, 5) is 14.8. The van der Waals surface area contributed by atoms with Crippen LogP contribution in [0.2, 0.25) is 0 Å². The van der Waals surface area contributed by atoms with Crippen LogP contribution in [-0.2, 0) is 11.2 Å². The first kappa shape index (κ1) is 16.5. The van der Waals surface area contributed by atoms with E-state index >= 15 is 0 Å². The Kier molecular flexibility index (Phi) is 4.86. The van der Waals surface area contributed by atoms with E-state index in [0.29, 0.717) is 0 Å². The Balaban J connectivity index is 1.73. The van der Waals surface area contributed by atoms with Crippen molar-refractivity contribution in [1.29, 1.82) is 0 Å². The minimum Gasteiger partial charge on any atom is -0.497 e. The third kappa shape index (κ3) is 3.44. The Morgan fingerprint density at radius 3 is 2.54 bits per heavy atom. The van der Waals surface area contributed by atoms with E-state index in [2.05, 4.69) is 22.3 Å². The molecule has 126 valence electrons. The standard InChI is InChI=1S/C20H24N2O2/c1-22(2)13-19(14-8-10-16(24-3)11-9-14)21-20(23)18-12-15-6-4-5-7-17(15)18/h4-11,18-19H,12-13H2,1-3H3,(H,21,23). The van der Waals surface area contributed by atoms with Gasteiger partial charge in [0.15, 0.2) is 0 Å². The van der Waals surface area contributed by atoms with E-state index in [1.165, 1.54) is 5.56 Å². The van der Waals surface area contributed by atoms with E-state index in [0.717, 1.165) is 29.8 Å². The lowest BCUT2D eigenvalue weighted by Crippen LogP contribution is -2.40. The van der Waals surface area contributed by atoms with Crippen LogP contribution in [0.25, 0.3) is 0 Å². The van der Waals surface area contributed by atoms with E-state index in [1.807, 2.05) is 50.5 Å². The first-order chi connectivity index (χ1) is 11.6. The van der Waals surface area contributed by atoms with Gasteiger partial charge in [-0.15, -0.1) is 0 Å². The Morgan fingerprint density at radius 2 is 1.92 bits per heavy atom. The second-order valence-electron chi connectivity index (χ2n) is 6.55. The smallest absolute Gasteiger partial charge is 0.228 e. The predicted octanol–water partition coefficient (Wildman–Crippen LogP) is 2.75. The van der Waals surface area contributed by atoms with Gasteiger partial charge in [0.05, 0.1) is 19.1 Å². The molecule has 24 heavy (non-hydrogen) atoms. The molecule has 1 aliphatic carbocycles. The Hall–Kier alpha value is -2.33. The second kappa shape index (κ2) is 7.05. The van der Waals surface area contributed by atoms with Crippen LogP contribution in [0.3, 0.4) is 0 Å². The maximum Gasteiger partial charge on any atom is 0.228 e. The van der Waals surface area contributed by atoms with Gasteiger partial charge in [-0.2, -0.15) is 0 Å². The highest BCUT2D eigenvalue weighted by atomic mass is 16.5. The van der Waals surface area contributed by atoms with Crippen molar-refractivity contribution in [2.45, 2.75) is 18.4 Å². The van der Waals surface area contributed by atoms with E-state index < -0.39 is 0 Å². The van der Waals surface area contributed by atoms with Crippen molar-refractivity contribution in [1.82, 2.24) is 10.2 Å². The Labute approximate surface area is 143 Å². The number of rotatable bonds is 6. The molecule has 2 aromatic carbocycles. The van der Waals surface area contributed by atoms with Gasteiger partial charge >= 0.3 is 0 Å². The van der Waals surface area contributed by atoms with Crippen LogP contribution < -0.4 is 10.1 Å². The van der Waals surface area contributed by atoms with Crippen molar-refractivity contribution in [3.63, 3.8) is 0 Å². The van der Waals surface area contributed by atoms with Crippen LogP contribution in [0, 0.1) is 0 Å². The molecule has 0 radical (unpaired) electrons. The summed E-state index contributed by atoms with van der Waals surface area (Å²) in [5.74, 6) is 0.905. The molecule has 0 aromatic heterocycles. The second-order valence-corrected chi connectivity index (χ2v) is 6.55. The van der Waals surface area contributed by atoms with E-state index in [1.54, 1.807) is 7.11 Å². The number of nitrogens with one attached hydrogen (secondary N) is 1. The van der Waals surface area contributed by atoms with Gasteiger partial charge in [-0.3, -0.25) is 4.79 Å². The topological polar surface area (TPSA) is 41.6 Å². The largest absolute Gasteiger partial charge is 0.497 e. The van der Waals surface area contributed by atoms with Gasteiger partial charge in [-0.05, 0) is 49.3 Å². The molecule has 0 heterocycles. The Bertz CT molecular complexity index is 710. The number of likely N-dealkylation sites (N-methyl/N-ethyl adjacent to an activating group) is 1. The molecule has 0 fully saturated rings. The number of amides is 1. The first-order valence-corrected chi connectivity index (χ1v) is 8.25. The first-order valence-electron chi connectivity index (χ1n) is 8.25. The summed E-state index contributed by atoms with van der Waals surface area (Å²) in [5, 5.41) is 3.22. The summed E-state index contributed by atoms with van der Waals surface area (Å²) in [6.07, 6.45) is 0.833. The lowest BCUT2D eigenvalue weighted by atomic mass is 9.77. The fourth-order valence-corrected chi connectivity index (χ4v) is 3.20. The molecule has 2 atom stereocenters. The average molecular weight is 324 g/mol. The molecule has 0 bridgehead atoms. The number of nitrogens with zero attached hydrogens (tertiary/aromatic N) is 1. The van der Waals surface area contributed by atoms with Crippen LogP contribution in [0.15, 0.2) is 48.5 Å². The number of carbonyl (C=O) groups is 1. The molecule has 2 aromatic rings. The average Bonchev–Trinajstić information content (AvgIpc) is 2.55. The number of ether oxygens (including phenoxy) is 1. The van der Waals surface area contributed by atoms with E-state index in [4.69, 9.17) is 4.74 Å². The van der Waals surface area contributed by atoms with E-state index in [-0.39, 0.29) is 17.9 Å². The zero-order valence-electron chi connectivity index (χ0n) is 14.5. The highest BCUT2D eigenvalue weighted by Gasteiger charge is 2.32. The van der Waals surface area contributed by atoms with Crippen molar-refractivity contribution in [3.05, 3.63) is 65.2 Å². The Morgan fingerprint density at radius 1 is 1.21 bits per heavy atom. The van der Waals surface area contributed by atoms with Crippen molar-refractivity contribution < 1.29 is 9.53 Å². The molecule has 1 N–H and O–H groups in total. The monoisotopic (exact) mass is 324 g/mol. The molecule has 3 rings (SSSR count). The van der Waals surface area contributed by atoms with E-state index in [9.17, 15) is 4.79 Å². The quantitative estimate of drug-likeness (QED) is 0.888. The van der Waals surface area contributed by atoms with Gasteiger partial charge < -0.3 is 15.0 Å². The molecular weight excluding hydrogens is 300 g/mol. The summed E-state index contributed by atoms with van der Waals surface area (Å²) in [7, 11) is 5.69. The highest BCUT2D eigenvalue weighted by molar-refractivity contribution is 5.87. The zero-order valence-corrected chi connectivity index (χ0v) is 14.5. The molecule has 0 aliphatic heterocycles. The minimum atomic E-state index is -0.0360. The lowest BCUT2D eigenvalue weighted by Gasteiger charge is -2.31. The van der Waals surface area contributed by atoms with Crippen LogP contribution in [0.5, 0.6) is 5.75 Å².